The van der Waals surface area contributed by atoms with Crippen molar-refractivity contribution in [2.24, 2.45) is 5.41 Å². The van der Waals surface area contributed by atoms with Crippen molar-refractivity contribution in [3.05, 3.63) is 118 Å². The van der Waals surface area contributed by atoms with Gasteiger partial charge in [-0.15, -0.1) is 0 Å². The number of aliphatic hydroxyl groups excluding tert-OH is 1. The number of aryl methyl sites for hydroxylation is 1. The predicted molar refractivity (Wildman–Crippen MR) is 142 cm³/mol. The monoisotopic (exact) mass is 462 g/mol. The molecule has 2 N–H and O–H groups in total. The quantitative estimate of drug-likeness (QED) is 0.405. The van der Waals surface area contributed by atoms with Crippen molar-refractivity contribution in [2.75, 3.05) is 4.90 Å². The van der Waals surface area contributed by atoms with E-state index >= 15 is 0 Å². The van der Waals surface area contributed by atoms with Crippen LogP contribution in [0.5, 0.6) is 0 Å². The molecule has 1 heterocycles. The van der Waals surface area contributed by atoms with Gasteiger partial charge in [0, 0.05) is 40.4 Å². The lowest BCUT2D eigenvalue weighted by molar-refractivity contribution is -0.118. The fourth-order valence-corrected chi connectivity index (χ4v) is 5.32. The lowest BCUT2D eigenvalue weighted by atomic mass is 9.67. The first-order valence-electron chi connectivity index (χ1n) is 12.0. The summed E-state index contributed by atoms with van der Waals surface area (Å²) in [4.78, 5) is 15.7. The largest absolute Gasteiger partial charge is 0.507 e. The molecular formula is C31H30N2O2. The number of carbonyl (C=O) groups excluding carboxylic acids is 1. The number of hydrogen-bond acceptors (Lipinski definition) is 3. The molecule has 3 aromatic rings. The van der Waals surface area contributed by atoms with Crippen molar-refractivity contribution in [1.29, 1.82) is 5.41 Å². The number of carbonyl (C=O) groups is 1. The SMILES string of the molecule is Cc1ccc(/C(O)=C2\C(=N)N(c3ccccc3)C3=C(C(=O)CC(C)(C)C3)C2c2ccccc2)cc1. The number of allylic oxidation sites excluding steroid dienone is 2. The summed E-state index contributed by atoms with van der Waals surface area (Å²) in [6, 6.07) is 27.2. The third kappa shape index (κ3) is 4.10. The molecule has 4 heteroatoms. The highest BCUT2D eigenvalue weighted by atomic mass is 16.3. The Labute approximate surface area is 206 Å². The Kier molecular flexibility index (Phi) is 5.68. The Morgan fingerprint density at radius 2 is 1.51 bits per heavy atom. The highest BCUT2D eigenvalue weighted by Crippen LogP contribution is 2.51. The van der Waals surface area contributed by atoms with Gasteiger partial charge in [0.05, 0.1) is 0 Å². The number of rotatable bonds is 3. The maximum Gasteiger partial charge on any atom is 0.162 e. The number of anilines is 1. The summed E-state index contributed by atoms with van der Waals surface area (Å²) in [5.41, 5.74) is 5.22. The van der Waals surface area contributed by atoms with E-state index in [-0.39, 0.29) is 22.8 Å². The van der Waals surface area contributed by atoms with E-state index in [1.165, 1.54) is 0 Å². The van der Waals surface area contributed by atoms with Crippen LogP contribution in [0.4, 0.5) is 5.69 Å². The van der Waals surface area contributed by atoms with Crippen LogP contribution in [0, 0.1) is 17.7 Å². The van der Waals surface area contributed by atoms with E-state index in [9.17, 15) is 15.3 Å². The van der Waals surface area contributed by atoms with Crippen LogP contribution >= 0.6 is 0 Å². The number of nitrogens with zero attached hydrogens (tertiary/aromatic N) is 1. The molecule has 1 atom stereocenters. The van der Waals surface area contributed by atoms with Gasteiger partial charge < -0.3 is 5.11 Å². The van der Waals surface area contributed by atoms with Crippen LogP contribution in [0.2, 0.25) is 0 Å². The van der Waals surface area contributed by atoms with Crippen molar-refractivity contribution in [3.63, 3.8) is 0 Å². The minimum atomic E-state index is -0.511. The van der Waals surface area contributed by atoms with E-state index in [0.29, 0.717) is 29.6 Å². The molecule has 1 unspecified atom stereocenters. The fourth-order valence-electron chi connectivity index (χ4n) is 5.32. The van der Waals surface area contributed by atoms with E-state index in [0.717, 1.165) is 22.5 Å². The molecule has 0 saturated carbocycles. The van der Waals surface area contributed by atoms with Crippen LogP contribution in [0.1, 0.15) is 49.3 Å². The smallest absolute Gasteiger partial charge is 0.162 e. The number of ketones is 1. The van der Waals surface area contributed by atoms with Crippen LogP contribution < -0.4 is 4.90 Å². The Morgan fingerprint density at radius 3 is 2.14 bits per heavy atom. The molecule has 2 aliphatic rings. The molecule has 0 aromatic heterocycles. The number of nitrogens with one attached hydrogen (secondary N) is 1. The van der Waals surface area contributed by atoms with Gasteiger partial charge in [0.15, 0.2) is 5.78 Å². The average Bonchev–Trinajstić information content (AvgIpc) is 2.84. The molecule has 0 fully saturated rings. The summed E-state index contributed by atoms with van der Waals surface area (Å²) in [7, 11) is 0. The summed E-state index contributed by atoms with van der Waals surface area (Å²) in [5, 5.41) is 21.1. The molecule has 0 amide bonds. The van der Waals surface area contributed by atoms with Crippen molar-refractivity contribution in [1.82, 2.24) is 0 Å². The van der Waals surface area contributed by atoms with Gasteiger partial charge in [-0.1, -0.05) is 92.2 Å². The van der Waals surface area contributed by atoms with Gasteiger partial charge in [0.1, 0.15) is 11.6 Å². The van der Waals surface area contributed by atoms with E-state index < -0.39 is 5.92 Å². The Bertz CT molecular complexity index is 1350. The molecule has 0 saturated heterocycles. The number of aliphatic hydroxyl groups is 1. The third-order valence-electron chi connectivity index (χ3n) is 6.95. The van der Waals surface area contributed by atoms with E-state index in [1.54, 1.807) is 0 Å². The van der Waals surface area contributed by atoms with Crippen LogP contribution in [0.3, 0.4) is 0 Å². The van der Waals surface area contributed by atoms with Gasteiger partial charge in [-0.05, 0) is 36.5 Å². The fraction of sp³-hybridized carbons (Fsp3) is 0.226. The molecule has 1 aliphatic carbocycles. The first kappa shape index (κ1) is 22.9. The van der Waals surface area contributed by atoms with Crippen LogP contribution in [0.15, 0.2) is 102 Å². The number of benzene rings is 3. The summed E-state index contributed by atoms with van der Waals surface area (Å²) < 4.78 is 0. The topological polar surface area (TPSA) is 64.4 Å². The van der Waals surface area contributed by atoms with Crippen molar-refractivity contribution in [2.45, 2.75) is 39.5 Å². The molecule has 4 nitrogen and oxygen atoms in total. The molecule has 5 rings (SSSR count). The number of para-hydroxylation sites is 1. The normalized spacial score (nSPS) is 21.1. The molecular weight excluding hydrogens is 432 g/mol. The van der Waals surface area contributed by atoms with Crippen molar-refractivity contribution in [3.8, 4) is 0 Å². The zero-order chi connectivity index (χ0) is 24.7. The van der Waals surface area contributed by atoms with Gasteiger partial charge in [-0.3, -0.25) is 15.1 Å². The van der Waals surface area contributed by atoms with Gasteiger partial charge in [-0.25, -0.2) is 0 Å². The highest BCUT2D eigenvalue weighted by molar-refractivity contribution is 6.19. The molecule has 176 valence electrons. The summed E-state index contributed by atoms with van der Waals surface area (Å²) in [5.74, 6) is -0.197. The Morgan fingerprint density at radius 1 is 0.914 bits per heavy atom. The molecule has 3 aromatic carbocycles. The lowest BCUT2D eigenvalue weighted by Crippen LogP contribution is -2.45. The number of Topliss-reactive ketones (excluding diaryl/α,β-unsaturated/α-hetero) is 1. The maximum absolute atomic E-state index is 13.8. The molecule has 0 spiro atoms. The highest BCUT2D eigenvalue weighted by Gasteiger charge is 2.46. The molecule has 0 bridgehead atoms. The summed E-state index contributed by atoms with van der Waals surface area (Å²) in [6.45, 7) is 6.21. The Balaban J connectivity index is 1.84. The van der Waals surface area contributed by atoms with Crippen LogP contribution in [-0.4, -0.2) is 16.7 Å². The second-order valence-corrected chi connectivity index (χ2v) is 10.3. The molecule has 1 aliphatic heterocycles. The van der Waals surface area contributed by atoms with E-state index in [2.05, 4.69) is 13.8 Å². The second-order valence-electron chi connectivity index (χ2n) is 10.3. The second kappa shape index (κ2) is 8.70. The van der Waals surface area contributed by atoms with Crippen molar-refractivity contribution >= 4 is 23.1 Å². The van der Waals surface area contributed by atoms with Gasteiger partial charge in [0.2, 0.25) is 0 Å². The van der Waals surface area contributed by atoms with E-state index in [1.807, 2.05) is 96.8 Å². The standard InChI is InChI=1S/C31H30N2O2/c1-20-14-16-22(17-15-20)29(35)28-26(21-10-6-4-7-11-21)27-24(18-31(2,3)19-25(27)34)33(30(28)32)23-12-8-5-9-13-23/h4-17,26,32,35H,18-19H2,1-3H3/b29-28+,32-30?. The zero-order valence-corrected chi connectivity index (χ0v) is 20.4. The zero-order valence-electron chi connectivity index (χ0n) is 20.4. The lowest BCUT2D eigenvalue weighted by Gasteiger charge is -2.45. The molecule has 35 heavy (non-hydrogen) atoms. The number of amidine groups is 1. The predicted octanol–water partition coefficient (Wildman–Crippen LogP) is 7.19. The van der Waals surface area contributed by atoms with Gasteiger partial charge in [-0.2, -0.15) is 0 Å². The molecule has 0 radical (unpaired) electrons. The maximum atomic E-state index is 13.8. The number of hydrogen-bond donors (Lipinski definition) is 2. The van der Waals surface area contributed by atoms with Gasteiger partial charge >= 0.3 is 0 Å². The van der Waals surface area contributed by atoms with E-state index in [4.69, 9.17) is 0 Å². The first-order valence-corrected chi connectivity index (χ1v) is 12.0. The third-order valence-corrected chi connectivity index (χ3v) is 6.95. The minimum Gasteiger partial charge on any atom is -0.507 e. The van der Waals surface area contributed by atoms with Crippen molar-refractivity contribution < 1.29 is 9.90 Å². The summed E-state index contributed by atoms with van der Waals surface area (Å²) >= 11 is 0. The van der Waals surface area contributed by atoms with Crippen LogP contribution in [-0.2, 0) is 4.79 Å². The first-order chi connectivity index (χ1) is 16.8. The Hall–Kier alpha value is -3.92. The average molecular weight is 463 g/mol. The van der Waals surface area contributed by atoms with Crippen LogP contribution in [0.25, 0.3) is 5.76 Å². The summed E-state index contributed by atoms with van der Waals surface area (Å²) in [6.07, 6.45) is 1.11. The van der Waals surface area contributed by atoms with Gasteiger partial charge in [0.25, 0.3) is 0 Å². The minimum absolute atomic E-state index is 0.0361.